The molecule has 0 bridgehead atoms. The Morgan fingerprint density at radius 3 is 2.62 bits per heavy atom. The lowest BCUT2D eigenvalue weighted by Crippen LogP contribution is -2.15. The maximum absolute atomic E-state index is 12.8. The molecule has 0 N–H and O–H groups in total. The molecule has 0 atom stereocenters. The van der Waals surface area contributed by atoms with Gasteiger partial charge in [-0.2, -0.15) is 0 Å². The number of fused-ring (bicyclic) bond motifs is 1. The number of hydrogen-bond acceptors (Lipinski definition) is 6. The minimum Gasteiger partial charge on any atom is -0.494 e. The third-order valence-electron chi connectivity index (χ3n) is 5.51. The molecular formula is C25H25NO6. The number of Topliss-reactive ketones (excluding diaryl/α,β-unsaturated/α-hetero) is 1. The number of carbonyl (C=O) groups excluding carboxylic acids is 2. The van der Waals surface area contributed by atoms with Gasteiger partial charge in [0.25, 0.3) is 0 Å². The van der Waals surface area contributed by atoms with Crippen molar-refractivity contribution in [2.45, 2.75) is 34.2 Å². The first kappa shape index (κ1) is 21.5. The summed E-state index contributed by atoms with van der Waals surface area (Å²) < 4.78 is 23.9. The zero-order valence-electron chi connectivity index (χ0n) is 18.6. The monoisotopic (exact) mass is 435 g/mol. The van der Waals surface area contributed by atoms with E-state index in [0.717, 1.165) is 22.5 Å². The van der Waals surface area contributed by atoms with Crippen molar-refractivity contribution in [2.75, 3.05) is 13.2 Å². The Morgan fingerprint density at radius 1 is 1.09 bits per heavy atom. The smallest absolute Gasteiger partial charge is 0.375 e. The lowest BCUT2D eigenvalue weighted by atomic mass is 10.1. The minimum atomic E-state index is -0.672. The van der Waals surface area contributed by atoms with E-state index >= 15 is 0 Å². The number of nitrogens with zero attached hydrogens (tertiary/aromatic N) is 1. The fraction of sp³-hybridized carbons (Fsp3) is 0.280. The Labute approximate surface area is 185 Å². The summed E-state index contributed by atoms with van der Waals surface area (Å²) in [7, 11) is 0. The van der Waals surface area contributed by atoms with Crippen LogP contribution >= 0.6 is 0 Å². The number of rotatable bonds is 8. The highest BCUT2D eigenvalue weighted by molar-refractivity contribution is 6.01. The predicted octanol–water partition coefficient (Wildman–Crippen LogP) is 5.24. The first-order valence-corrected chi connectivity index (χ1v) is 10.4. The lowest BCUT2D eigenvalue weighted by Gasteiger charge is -2.08. The Hall–Kier alpha value is -3.74. The fourth-order valence-corrected chi connectivity index (χ4v) is 3.81. The molecule has 0 aliphatic carbocycles. The highest BCUT2D eigenvalue weighted by Crippen LogP contribution is 2.29. The highest BCUT2D eigenvalue weighted by atomic mass is 16.5. The molecule has 0 spiro atoms. The number of furan rings is 2. The normalized spacial score (nSPS) is 11.1. The topological polar surface area (TPSA) is 83.8 Å². The molecule has 0 radical (unpaired) electrons. The van der Waals surface area contributed by atoms with Gasteiger partial charge in [0.05, 0.1) is 19.4 Å². The molecule has 0 saturated carbocycles. The van der Waals surface area contributed by atoms with Gasteiger partial charge in [0.1, 0.15) is 17.1 Å². The van der Waals surface area contributed by atoms with E-state index < -0.39 is 5.97 Å². The van der Waals surface area contributed by atoms with Crippen molar-refractivity contribution in [1.82, 2.24) is 4.57 Å². The van der Waals surface area contributed by atoms with Crippen LogP contribution in [0.2, 0.25) is 0 Å². The van der Waals surface area contributed by atoms with Crippen molar-refractivity contribution >= 4 is 22.7 Å². The van der Waals surface area contributed by atoms with Gasteiger partial charge in [-0.05, 0) is 64.1 Å². The van der Waals surface area contributed by atoms with E-state index in [1.807, 2.05) is 43.5 Å². The van der Waals surface area contributed by atoms with Crippen LogP contribution in [0, 0.1) is 20.8 Å². The number of ketones is 1. The van der Waals surface area contributed by atoms with Gasteiger partial charge < -0.3 is 22.9 Å². The lowest BCUT2D eigenvalue weighted by molar-refractivity contribution is 0.0445. The summed E-state index contributed by atoms with van der Waals surface area (Å²) in [6.07, 6.45) is 1.62. The van der Waals surface area contributed by atoms with E-state index in [4.69, 9.17) is 18.3 Å². The molecule has 3 aromatic heterocycles. The molecule has 4 rings (SSSR count). The summed E-state index contributed by atoms with van der Waals surface area (Å²) in [5.41, 5.74) is 3.45. The molecule has 0 saturated heterocycles. The van der Waals surface area contributed by atoms with Crippen LogP contribution in [0.25, 0.3) is 11.0 Å². The van der Waals surface area contributed by atoms with Crippen molar-refractivity contribution in [3.63, 3.8) is 0 Å². The van der Waals surface area contributed by atoms with Gasteiger partial charge in [-0.1, -0.05) is 0 Å². The quantitative estimate of drug-likeness (QED) is 0.278. The minimum absolute atomic E-state index is 0.0877. The number of ether oxygens (including phenoxy) is 2. The second-order valence-electron chi connectivity index (χ2n) is 7.60. The SMILES string of the molecule is CCOc1ccc2oc(C(=O)OCC(=O)c3cc(C)n(Cc4ccco4)c3C)c(C)c2c1. The van der Waals surface area contributed by atoms with E-state index in [0.29, 0.717) is 35.6 Å². The molecule has 7 heteroatoms. The van der Waals surface area contributed by atoms with Crippen molar-refractivity contribution in [3.8, 4) is 5.75 Å². The third-order valence-corrected chi connectivity index (χ3v) is 5.51. The summed E-state index contributed by atoms with van der Waals surface area (Å²) in [4.78, 5) is 25.4. The molecule has 1 aromatic carbocycles. The van der Waals surface area contributed by atoms with Crippen LogP contribution in [0.3, 0.4) is 0 Å². The molecule has 4 aromatic rings. The molecule has 0 amide bonds. The average Bonchev–Trinajstić information content (AvgIpc) is 3.48. The van der Waals surface area contributed by atoms with Crippen LogP contribution in [-0.2, 0) is 11.3 Å². The molecule has 0 fully saturated rings. The van der Waals surface area contributed by atoms with E-state index in [1.165, 1.54) is 0 Å². The second kappa shape index (κ2) is 8.78. The maximum Gasteiger partial charge on any atom is 0.375 e. The van der Waals surface area contributed by atoms with Crippen molar-refractivity contribution in [3.05, 3.63) is 76.7 Å². The van der Waals surface area contributed by atoms with Crippen LogP contribution < -0.4 is 4.74 Å². The van der Waals surface area contributed by atoms with E-state index in [9.17, 15) is 9.59 Å². The largest absolute Gasteiger partial charge is 0.494 e. The van der Waals surface area contributed by atoms with Crippen LogP contribution in [0.15, 0.2) is 51.5 Å². The Balaban J connectivity index is 1.47. The number of benzene rings is 1. The van der Waals surface area contributed by atoms with Crippen LogP contribution in [-0.4, -0.2) is 29.5 Å². The Bertz CT molecular complexity index is 1280. The van der Waals surface area contributed by atoms with Gasteiger partial charge in [-0.3, -0.25) is 4.79 Å². The third kappa shape index (κ3) is 4.06. The molecule has 3 heterocycles. The molecule has 0 aliphatic heterocycles. The van der Waals surface area contributed by atoms with Gasteiger partial charge in [0, 0.05) is 27.9 Å². The van der Waals surface area contributed by atoms with Gasteiger partial charge >= 0.3 is 5.97 Å². The zero-order chi connectivity index (χ0) is 22.8. The summed E-state index contributed by atoms with van der Waals surface area (Å²) >= 11 is 0. The van der Waals surface area contributed by atoms with Crippen LogP contribution in [0.4, 0.5) is 0 Å². The predicted molar refractivity (Wildman–Crippen MR) is 118 cm³/mol. The number of aryl methyl sites for hydroxylation is 2. The van der Waals surface area contributed by atoms with Gasteiger partial charge in [0.2, 0.25) is 11.5 Å². The zero-order valence-corrected chi connectivity index (χ0v) is 18.6. The number of hydrogen-bond donors (Lipinski definition) is 0. The number of carbonyl (C=O) groups is 2. The van der Waals surface area contributed by atoms with Crippen molar-refractivity contribution in [1.29, 1.82) is 0 Å². The number of aromatic nitrogens is 1. The summed E-state index contributed by atoms with van der Waals surface area (Å²) in [6.45, 7) is 8.17. The molecular weight excluding hydrogens is 410 g/mol. The molecule has 166 valence electrons. The Kier molecular flexibility index (Phi) is 5.90. The van der Waals surface area contributed by atoms with E-state index in [1.54, 1.807) is 31.4 Å². The maximum atomic E-state index is 12.8. The fourth-order valence-electron chi connectivity index (χ4n) is 3.81. The molecule has 0 aliphatic rings. The first-order valence-electron chi connectivity index (χ1n) is 10.4. The van der Waals surface area contributed by atoms with Gasteiger partial charge in [0.15, 0.2) is 6.61 Å². The second-order valence-corrected chi connectivity index (χ2v) is 7.60. The van der Waals surface area contributed by atoms with E-state index in [2.05, 4.69) is 0 Å². The highest BCUT2D eigenvalue weighted by Gasteiger charge is 2.22. The molecule has 7 nitrogen and oxygen atoms in total. The van der Waals surface area contributed by atoms with Gasteiger partial charge in [-0.25, -0.2) is 4.79 Å². The molecule has 0 unspecified atom stereocenters. The standard InChI is InChI=1S/C25H25NO6/c1-5-29-18-8-9-23-20(12-18)16(3)24(32-23)25(28)31-14-22(27)21-11-15(2)26(17(21)4)13-19-7-6-10-30-19/h6-12H,5,13-14H2,1-4H3. The first-order chi connectivity index (χ1) is 15.4. The van der Waals surface area contributed by atoms with E-state index in [-0.39, 0.29) is 18.2 Å². The number of esters is 1. The van der Waals surface area contributed by atoms with Crippen molar-refractivity contribution < 1.29 is 27.9 Å². The average molecular weight is 435 g/mol. The van der Waals surface area contributed by atoms with Crippen LogP contribution in [0.5, 0.6) is 5.75 Å². The summed E-state index contributed by atoms with van der Waals surface area (Å²) in [5.74, 6) is 0.637. The van der Waals surface area contributed by atoms with Crippen LogP contribution in [0.1, 0.15) is 50.5 Å². The Morgan fingerprint density at radius 2 is 1.91 bits per heavy atom. The molecule has 32 heavy (non-hydrogen) atoms. The van der Waals surface area contributed by atoms with Gasteiger partial charge in [-0.15, -0.1) is 0 Å². The summed E-state index contributed by atoms with van der Waals surface area (Å²) in [6, 6.07) is 10.9. The van der Waals surface area contributed by atoms with Crippen molar-refractivity contribution in [2.24, 2.45) is 0 Å². The summed E-state index contributed by atoms with van der Waals surface area (Å²) in [5, 5.41) is 0.774.